The van der Waals surface area contributed by atoms with Crippen LogP contribution in [0.15, 0.2) is 34.2 Å². The summed E-state index contributed by atoms with van der Waals surface area (Å²) in [4.78, 5) is 33.9. The lowest BCUT2D eigenvalue weighted by Gasteiger charge is -2.29. The molecule has 0 radical (unpaired) electrons. The molecule has 7 heteroatoms. The first-order valence-electron chi connectivity index (χ1n) is 12.6. The van der Waals surface area contributed by atoms with Crippen molar-refractivity contribution in [1.82, 2.24) is 14.9 Å². The second kappa shape index (κ2) is 10.2. The maximum Gasteiger partial charge on any atom is 0.267 e. The van der Waals surface area contributed by atoms with Crippen LogP contribution in [0.5, 0.6) is 0 Å². The molecule has 0 aliphatic heterocycles. The van der Waals surface area contributed by atoms with Crippen molar-refractivity contribution >= 4 is 39.2 Å². The monoisotopic (exact) mass is 495 g/mol. The number of nitrogens with zero attached hydrogens (tertiary/aromatic N) is 2. The lowest BCUT2D eigenvalue weighted by atomic mass is 9.86. The minimum absolute atomic E-state index is 0.00232. The molecule has 0 spiro atoms. The molecule has 2 heterocycles. The fourth-order valence-electron chi connectivity index (χ4n) is 5.40. The highest BCUT2D eigenvalue weighted by atomic mass is 32.2. The first-order valence-corrected chi connectivity index (χ1v) is 14.4. The van der Waals surface area contributed by atoms with Gasteiger partial charge in [-0.05, 0) is 68.6 Å². The molecular formula is C27H33N3O2S2. The molecule has 3 aromatic rings. The molecule has 0 bridgehead atoms. The Hall–Kier alpha value is -2.12. The van der Waals surface area contributed by atoms with Crippen molar-refractivity contribution in [1.29, 1.82) is 0 Å². The molecule has 1 aromatic carbocycles. The van der Waals surface area contributed by atoms with Crippen molar-refractivity contribution in [2.75, 3.05) is 5.75 Å². The summed E-state index contributed by atoms with van der Waals surface area (Å²) in [6, 6.07) is 8.19. The molecule has 0 saturated heterocycles. The van der Waals surface area contributed by atoms with Crippen LogP contribution in [-0.2, 0) is 17.6 Å². The minimum atomic E-state index is 0.00232. The van der Waals surface area contributed by atoms with E-state index in [2.05, 4.69) is 12.2 Å². The van der Waals surface area contributed by atoms with Gasteiger partial charge in [0, 0.05) is 10.9 Å². The van der Waals surface area contributed by atoms with Gasteiger partial charge in [0.1, 0.15) is 4.83 Å². The van der Waals surface area contributed by atoms with E-state index in [1.165, 1.54) is 54.3 Å². The highest BCUT2D eigenvalue weighted by Crippen LogP contribution is 2.35. The second-order valence-corrected chi connectivity index (χ2v) is 11.8. The highest BCUT2D eigenvalue weighted by molar-refractivity contribution is 7.99. The van der Waals surface area contributed by atoms with Gasteiger partial charge in [0.25, 0.3) is 5.56 Å². The molecule has 2 atom stereocenters. The van der Waals surface area contributed by atoms with Gasteiger partial charge in [-0.2, -0.15) is 0 Å². The smallest absolute Gasteiger partial charge is 0.267 e. The van der Waals surface area contributed by atoms with E-state index < -0.39 is 0 Å². The van der Waals surface area contributed by atoms with E-state index in [9.17, 15) is 9.59 Å². The zero-order valence-corrected chi connectivity index (χ0v) is 21.7. The van der Waals surface area contributed by atoms with Gasteiger partial charge >= 0.3 is 0 Å². The third-order valence-electron chi connectivity index (χ3n) is 7.35. The number of carbonyl (C=O) groups excluding carboxylic acids is 1. The molecule has 2 unspecified atom stereocenters. The Labute approximate surface area is 209 Å². The summed E-state index contributed by atoms with van der Waals surface area (Å²) in [5, 5.41) is 4.63. The zero-order chi connectivity index (χ0) is 23.7. The molecule has 5 nitrogen and oxygen atoms in total. The molecule has 2 aliphatic carbocycles. The summed E-state index contributed by atoms with van der Waals surface area (Å²) in [5.74, 6) is 0.804. The van der Waals surface area contributed by atoms with Crippen LogP contribution in [0.3, 0.4) is 0 Å². The van der Waals surface area contributed by atoms with E-state index >= 15 is 0 Å². The van der Waals surface area contributed by atoms with Gasteiger partial charge in [-0.1, -0.05) is 56.1 Å². The fourth-order valence-corrected chi connectivity index (χ4v) is 7.52. The number of rotatable bonds is 5. The summed E-state index contributed by atoms with van der Waals surface area (Å²) in [6.07, 6.45) is 10.1. The number of nitrogens with one attached hydrogen (secondary N) is 1. The first-order chi connectivity index (χ1) is 16.5. The summed E-state index contributed by atoms with van der Waals surface area (Å²) >= 11 is 3.05. The maximum atomic E-state index is 14.0. The summed E-state index contributed by atoms with van der Waals surface area (Å²) < 4.78 is 1.75. The van der Waals surface area contributed by atoms with Gasteiger partial charge in [0.2, 0.25) is 5.91 Å². The van der Waals surface area contributed by atoms with Crippen LogP contribution >= 0.6 is 23.1 Å². The van der Waals surface area contributed by atoms with Crippen molar-refractivity contribution < 1.29 is 4.79 Å². The number of thioether (sulfide) groups is 1. The van der Waals surface area contributed by atoms with Gasteiger partial charge < -0.3 is 5.32 Å². The number of para-hydroxylation sites is 1. The Kier molecular flexibility index (Phi) is 7.11. The van der Waals surface area contributed by atoms with E-state index in [0.717, 1.165) is 47.2 Å². The second-order valence-electron chi connectivity index (χ2n) is 9.79. The van der Waals surface area contributed by atoms with Crippen LogP contribution < -0.4 is 10.9 Å². The number of fused-ring (bicyclic) bond motifs is 3. The average Bonchev–Trinajstić information content (AvgIpc) is 3.01. The number of carbonyl (C=O) groups is 1. The number of amides is 1. The van der Waals surface area contributed by atoms with Crippen molar-refractivity contribution in [3.05, 3.63) is 50.6 Å². The van der Waals surface area contributed by atoms with Gasteiger partial charge in [-0.25, -0.2) is 4.98 Å². The Morgan fingerprint density at radius 2 is 1.94 bits per heavy atom. The number of thiophene rings is 1. The Morgan fingerprint density at radius 3 is 2.76 bits per heavy atom. The van der Waals surface area contributed by atoms with Crippen LogP contribution in [0.4, 0.5) is 0 Å². The lowest BCUT2D eigenvalue weighted by molar-refractivity contribution is -0.119. The van der Waals surface area contributed by atoms with E-state index in [1.807, 2.05) is 31.2 Å². The average molecular weight is 496 g/mol. The lowest BCUT2D eigenvalue weighted by Crippen LogP contribution is -2.41. The SMILES string of the molecule is Cc1ccccc1-n1c(SCC(=O)NC2CCCCC2C)nc2sc3c(c2c1=O)CCCCC3. The first kappa shape index (κ1) is 23.6. The predicted octanol–water partition coefficient (Wildman–Crippen LogP) is 5.81. The standard InChI is InChI=1S/C27H33N3O2S2/c1-17-10-6-8-13-20(17)28-23(31)16-33-27-29-25-24(19-12-4-3-5-15-22(19)34-25)26(32)30(27)21-14-9-7-11-18(21)2/h7,9,11,14,17,20H,3-6,8,10,12-13,15-16H2,1-2H3,(H,28,31). The highest BCUT2D eigenvalue weighted by Gasteiger charge is 2.25. The molecule has 5 rings (SSSR count). The molecule has 1 N–H and O–H groups in total. The molecule has 34 heavy (non-hydrogen) atoms. The molecule has 2 aromatic heterocycles. The van der Waals surface area contributed by atoms with E-state index in [-0.39, 0.29) is 23.3 Å². The van der Waals surface area contributed by atoms with E-state index in [1.54, 1.807) is 15.9 Å². The van der Waals surface area contributed by atoms with Crippen LogP contribution in [-0.4, -0.2) is 27.3 Å². The number of aryl methyl sites for hydroxylation is 3. The summed E-state index contributed by atoms with van der Waals surface area (Å²) in [7, 11) is 0. The van der Waals surface area contributed by atoms with Crippen LogP contribution in [0.25, 0.3) is 15.9 Å². The number of benzene rings is 1. The molecular weight excluding hydrogens is 462 g/mol. The normalized spacial score (nSPS) is 20.6. The maximum absolute atomic E-state index is 14.0. The molecule has 1 fully saturated rings. The Morgan fingerprint density at radius 1 is 1.15 bits per heavy atom. The van der Waals surface area contributed by atoms with Crippen molar-refractivity contribution in [3.8, 4) is 5.69 Å². The third-order valence-corrected chi connectivity index (χ3v) is 9.48. The molecule has 1 saturated carbocycles. The van der Waals surface area contributed by atoms with Crippen LogP contribution in [0, 0.1) is 12.8 Å². The van der Waals surface area contributed by atoms with Crippen LogP contribution in [0.2, 0.25) is 0 Å². The minimum Gasteiger partial charge on any atom is -0.352 e. The molecule has 2 aliphatic rings. The van der Waals surface area contributed by atoms with Crippen molar-refractivity contribution in [3.63, 3.8) is 0 Å². The zero-order valence-electron chi connectivity index (χ0n) is 20.1. The largest absolute Gasteiger partial charge is 0.352 e. The van der Waals surface area contributed by atoms with Gasteiger partial charge in [0.05, 0.1) is 16.8 Å². The third kappa shape index (κ3) is 4.69. The quantitative estimate of drug-likeness (QED) is 0.276. The van der Waals surface area contributed by atoms with Gasteiger partial charge in [-0.3, -0.25) is 14.2 Å². The summed E-state index contributed by atoms with van der Waals surface area (Å²) in [6.45, 7) is 4.25. The van der Waals surface area contributed by atoms with Crippen molar-refractivity contribution in [2.45, 2.75) is 82.8 Å². The fraction of sp³-hybridized carbons (Fsp3) is 0.519. The van der Waals surface area contributed by atoms with Crippen LogP contribution in [0.1, 0.15) is 67.9 Å². The Bertz CT molecular complexity index is 1260. The van der Waals surface area contributed by atoms with Crippen molar-refractivity contribution in [2.24, 2.45) is 5.92 Å². The predicted molar refractivity (Wildman–Crippen MR) is 141 cm³/mol. The molecule has 180 valence electrons. The topological polar surface area (TPSA) is 64.0 Å². The van der Waals surface area contributed by atoms with E-state index in [0.29, 0.717) is 11.1 Å². The van der Waals surface area contributed by atoms with E-state index in [4.69, 9.17) is 4.98 Å². The molecule has 1 amide bonds. The number of hydrogen-bond acceptors (Lipinski definition) is 5. The van der Waals surface area contributed by atoms with Gasteiger partial charge in [-0.15, -0.1) is 11.3 Å². The summed E-state index contributed by atoms with van der Waals surface area (Å²) in [5.41, 5.74) is 3.08. The Balaban J connectivity index is 1.51. The number of hydrogen-bond donors (Lipinski definition) is 1. The van der Waals surface area contributed by atoms with Gasteiger partial charge in [0.15, 0.2) is 5.16 Å². The number of aromatic nitrogens is 2.